The lowest BCUT2D eigenvalue weighted by Crippen LogP contribution is -2.25. The molecule has 0 saturated heterocycles. The fourth-order valence-corrected chi connectivity index (χ4v) is 2.38. The maximum absolute atomic E-state index is 11.8. The van der Waals surface area contributed by atoms with Gasteiger partial charge >= 0.3 is 0 Å². The summed E-state index contributed by atoms with van der Waals surface area (Å²) in [6.07, 6.45) is 11.7. The number of allylic oxidation sites excluding steroid dienone is 5. The minimum absolute atomic E-state index is 0.278. The van der Waals surface area contributed by atoms with Gasteiger partial charge in [0.25, 0.3) is 0 Å². The molecule has 0 radical (unpaired) electrons. The standard InChI is InChI=1S/C12H14O/c1-2-8-12-9-4-3-5-10(12)6-7-11(12)13/h2,4-5,9H,1,3,6-8H2. The molecule has 1 saturated carbocycles. The Morgan fingerprint density at radius 3 is 3.15 bits per heavy atom. The Morgan fingerprint density at radius 1 is 1.54 bits per heavy atom. The van der Waals surface area contributed by atoms with Crippen molar-refractivity contribution in [3.63, 3.8) is 0 Å². The average Bonchev–Trinajstić information content (AvgIpc) is 2.46. The van der Waals surface area contributed by atoms with Crippen molar-refractivity contribution >= 4 is 5.78 Å². The molecule has 0 bridgehead atoms. The number of Topliss-reactive ketones (excluding diaryl/α,β-unsaturated/α-hetero) is 1. The van der Waals surface area contributed by atoms with E-state index in [1.807, 2.05) is 6.08 Å². The zero-order valence-corrected chi connectivity index (χ0v) is 7.75. The second-order valence-electron chi connectivity index (χ2n) is 3.75. The Morgan fingerprint density at radius 2 is 2.38 bits per heavy atom. The van der Waals surface area contributed by atoms with Crippen LogP contribution in [-0.4, -0.2) is 5.78 Å². The Balaban J connectivity index is 2.42. The summed E-state index contributed by atoms with van der Waals surface area (Å²) < 4.78 is 0. The van der Waals surface area contributed by atoms with Crippen LogP contribution < -0.4 is 0 Å². The topological polar surface area (TPSA) is 17.1 Å². The summed E-state index contributed by atoms with van der Waals surface area (Å²) in [5.74, 6) is 0.370. The highest BCUT2D eigenvalue weighted by Gasteiger charge is 2.43. The molecular weight excluding hydrogens is 160 g/mol. The molecule has 1 heteroatoms. The highest BCUT2D eigenvalue weighted by atomic mass is 16.1. The van der Waals surface area contributed by atoms with Crippen molar-refractivity contribution in [1.82, 2.24) is 0 Å². The van der Waals surface area contributed by atoms with Crippen molar-refractivity contribution < 1.29 is 4.79 Å². The zero-order valence-electron chi connectivity index (χ0n) is 7.75. The first-order valence-corrected chi connectivity index (χ1v) is 4.81. The average molecular weight is 174 g/mol. The number of carbonyl (C=O) groups excluding carboxylic acids is 1. The number of rotatable bonds is 2. The number of carbonyl (C=O) groups is 1. The predicted molar refractivity (Wildman–Crippen MR) is 53.3 cm³/mol. The molecule has 13 heavy (non-hydrogen) atoms. The molecule has 0 N–H and O–H groups in total. The van der Waals surface area contributed by atoms with E-state index in [4.69, 9.17) is 0 Å². The minimum atomic E-state index is -0.278. The monoisotopic (exact) mass is 174 g/mol. The third-order valence-corrected chi connectivity index (χ3v) is 3.06. The van der Waals surface area contributed by atoms with Crippen LogP contribution in [0.4, 0.5) is 0 Å². The largest absolute Gasteiger partial charge is 0.298 e. The molecule has 0 amide bonds. The molecule has 0 aromatic heterocycles. The molecule has 0 spiro atoms. The number of hydrogen-bond acceptors (Lipinski definition) is 1. The first-order valence-electron chi connectivity index (χ1n) is 4.81. The molecule has 1 nitrogen and oxygen atoms in total. The summed E-state index contributed by atoms with van der Waals surface area (Å²) in [4.78, 5) is 11.8. The fraction of sp³-hybridized carbons (Fsp3) is 0.417. The normalized spacial score (nSPS) is 31.4. The lowest BCUT2D eigenvalue weighted by molar-refractivity contribution is -0.122. The van der Waals surface area contributed by atoms with Crippen molar-refractivity contribution in [3.8, 4) is 0 Å². The maximum Gasteiger partial charge on any atom is 0.147 e. The van der Waals surface area contributed by atoms with Crippen LogP contribution in [0.5, 0.6) is 0 Å². The summed E-state index contributed by atoms with van der Waals surface area (Å²) >= 11 is 0. The molecule has 2 rings (SSSR count). The van der Waals surface area contributed by atoms with Crippen LogP contribution in [0.1, 0.15) is 25.7 Å². The molecule has 2 aliphatic carbocycles. The maximum atomic E-state index is 11.8. The van der Waals surface area contributed by atoms with Crippen LogP contribution in [0, 0.1) is 5.41 Å². The van der Waals surface area contributed by atoms with Crippen molar-refractivity contribution in [2.45, 2.75) is 25.7 Å². The van der Waals surface area contributed by atoms with E-state index in [9.17, 15) is 4.79 Å². The quantitative estimate of drug-likeness (QED) is 0.588. The molecular formula is C12H14O. The van der Waals surface area contributed by atoms with Crippen LogP contribution in [0.3, 0.4) is 0 Å². The van der Waals surface area contributed by atoms with Crippen molar-refractivity contribution in [1.29, 1.82) is 0 Å². The van der Waals surface area contributed by atoms with Gasteiger partial charge in [0.1, 0.15) is 5.78 Å². The van der Waals surface area contributed by atoms with Crippen molar-refractivity contribution in [2.75, 3.05) is 0 Å². The van der Waals surface area contributed by atoms with Gasteiger partial charge in [-0.15, -0.1) is 6.58 Å². The van der Waals surface area contributed by atoms with Gasteiger partial charge in [0.15, 0.2) is 0 Å². The van der Waals surface area contributed by atoms with E-state index < -0.39 is 0 Å². The third kappa shape index (κ3) is 1.11. The summed E-state index contributed by atoms with van der Waals surface area (Å²) in [5, 5.41) is 0. The van der Waals surface area contributed by atoms with Crippen LogP contribution in [-0.2, 0) is 4.79 Å². The van der Waals surface area contributed by atoms with Gasteiger partial charge in [0, 0.05) is 6.42 Å². The van der Waals surface area contributed by atoms with Gasteiger partial charge in [-0.1, -0.05) is 29.9 Å². The summed E-state index contributed by atoms with van der Waals surface area (Å²) in [6.45, 7) is 3.73. The highest BCUT2D eigenvalue weighted by Crippen LogP contribution is 2.46. The summed E-state index contributed by atoms with van der Waals surface area (Å²) in [7, 11) is 0. The van der Waals surface area contributed by atoms with Crippen molar-refractivity contribution in [3.05, 3.63) is 36.5 Å². The number of ketones is 1. The van der Waals surface area contributed by atoms with Crippen LogP contribution in [0.2, 0.25) is 0 Å². The highest BCUT2D eigenvalue weighted by molar-refractivity contribution is 5.93. The van der Waals surface area contributed by atoms with Gasteiger partial charge in [-0.05, 0) is 19.3 Å². The minimum Gasteiger partial charge on any atom is -0.298 e. The van der Waals surface area contributed by atoms with E-state index in [-0.39, 0.29) is 5.41 Å². The smallest absolute Gasteiger partial charge is 0.147 e. The van der Waals surface area contributed by atoms with Gasteiger partial charge in [0.05, 0.1) is 5.41 Å². The Hall–Kier alpha value is -1.11. The van der Waals surface area contributed by atoms with Gasteiger partial charge in [-0.25, -0.2) is 0 Å². The molecule has 2 aliphatic rings. The Kier molecular flexibility index (Phi) is 1.95. The van der Waals surface area contributed by atoms with E-state index >= 15 is 0 Å². The van der Waals surface area contributed by atoms with Crippen LogP contribution in [0.15, 0.2) is 36.5 Å². The zero-order chi connectivity index (χ0) is 9.31. The van der Waals surface area contributed by atoms with Gasteiger partial charge < -0.3 is 0 Å². The SMILES string of the molecule is C=CCC12C=CCC=C1CCC2=O. The second kappa shape index (κ2) is 2.99. The Labute approximate surface area is 78.8 Å². The molecule has 68 valence electrons. The third-order valence-electron chi connectivity index (χ3n) is 3.06. The van der Waals surface area contributed by atoms with E-state index in [2.05, 4.69) is 24.8 Å². The second-order valence-corrected chi connectivity index (χ2v) is 3.75. The first kappa shape index (κ1) is 8.49. The van der Waals surface area contributed by atoms with E-state index in [0.717, 1.165) is 19.3 Å². The van der Waals surface area contributed by atoms with Gasteiger partial charge in [-0.3, -0.25) is 4.79 Å². The van der Waals surface area contributed by atoms with E-state index in [0.29, 0.717) is 12.2 Å². The Bertz CT molecular complexity index is 309. The molecule has 0 aliphatic heterocycles. The molecule has 0 heterocycles. The molecule has 1 fully saturated rings. The fourth-order valence-electron chi connectivity index (χ4n) is 2.38. The van der Waals surface area contributed by atoms with E-state index in [1.54, 1.807) is 0 Å². The molecule has 1 atom stereocenters. The summed E-state index contributed by atoms with van der Waals surface area (Å²) in [5.41, 5.74) is 1.04. The summed E-state index contributed by atoms with van der Waals surface area (Å²) in [6, 6.07) is 0. The molecule has 0 aromatic rings. The van der Waals surface area contributed by atoms with Crippen molar-refractivity contribution in [2.24, 2.45) is 5.41 Å². The first-order chi connectivity index (χ1) is 6.29. The lowest BCUT2D eigenvalue weighted by atomic mass is 9.75. The van der Waals surface area contributed by atoms with Gasteiger partial charge in [0.2, 0.25) is 0 Å². The lowest BCUT2D eigenvalue weighted by Gasteiger charge is -2.26. The van der Waals surface area contributed by atoms with Crippen LogP contribution >= 0.6 is 0 Å². The predicted octanol–water partition coefficient (Wildman–Crippen LogP) is 2.80. The van der Waals surface area contributed by atoms with Crippen LogP contribution in [0.25, 0.3) is 0 Å². The number of hydrogen-bond donors (Lipinski definition) is 0. The van der Waals surface area contributed by atoms with Gasteiger partial charge in [-0.2, -0.15) is 0 Å². The molecule has 1 unspecified atom stereocenters. The number of fused-ring (bicyclic) bond motifs is 1. The molecule has 0 aromatic carbocycles. The van der Waals surface area contributed by atoms with E-state index in [1.165, 1.54) is 5.57 Å².